The second kappa shape index (κ2) is 4.83. The summed E-state index contributed by atoms with van der Waals surface area (Å²) in [5.74, 6) is -0.895. The van der Waals surface area contributed by atoms with E-state index in [-0.39, 0.29) is 0 Å². The maximum atomic E-state index is 11.0. The normalized spacial score (nSPS) is 11.0. The summed E-state index contributed by atoms with van der Waals surface area (Å²) < 4.78 is 3.17. The lowest BCUT2D eigenvalue weighted by molar-refractivity contribution is 0.0697. The zero-order valence-corrected chi connectivity index (χ0v) is 12.2. The molecule has 2 aromatic heterocycles. The molecule has 5 heteroatoms. The van der Waals surface area contributed by atoms with Gasteiger partial charge in [0.1, 0.15) is 0 Å². The molecule has 0 amide bonds. The van der Waals surface area contributed by atoms with Crippen molar-refractivity contribution >= 4 is 44.1 Å². The molecule has 1 N–H and O–H groups in total. The van der Waals surface area contributed by atoms with E-state index in [9.17, 15) is 4.79 Å². The molecule has 0 radical (unpaired) electrons. The minimum Gasteiger partial charge on any atom is -0.478 e. The van der Waals surface area contributed by atoms with Gasteiger partial charge in [0.15, 0.2) is 0 Å². The summed E-state index contributed by atoms with van der Waals surface area (Å²) in [5, 5.41) is 10.1. The fraction of sp³-hybridized carbons (Fsp3) is 0.0714. The van der Waals surface area contributed by atoms with Crippen molar-refractivity contribution in [1.82, 2.24) is 4.57 Å². The topological polar surface area (TPSA) is 42.2 Å². The second-order valence-corrected chi connectivity index (χ2v) is 6.78. The van der Waals surface area contributed by atoms with Crippen LogP contribution in [-0.2, 0) is 6.54 Å². The largest absolute Gasteiger partial charge is 0.478 e. The number of benzene rings is 1. The summed E-state index contributed by atoms with van der Waals surface area (Å²) in [4.78, 5) is 12.3. The van der Waals surface area contributed by atoms with Gasteiger partial charge in [0.2, 0.25) is 0 Å². The van der Waals surface area contributed by atoms with E-state index >= 15 is 0 Å². The predicted octanol–water partition coefficient (Wildman–Crippen LogP) is 4.21. The average molecular weight is 336 g/mol. The molecule has 2 heterocycles. The summed E-state index contributed by atoms with van der Waals surface area (Å²) in [5.41, 5.74) is 1.27. The highest BCUT2D eigenvalue weighted by Crippen LogP contribution is 2.25. The number of thiophene rings is 1. The van der Waals surface area contributed by atoms with Gasteiger partial charge >= 0.3 is 5.97 Å². The van der Waals surface area contributed by atoms with Crippen LogP contribution in [0.2, 0.25) is 0 Å². The average Bonchev–Trinajstić information content (AvgIpc) is 2.96. The van der Waals surface area contributed by atoms with Gasteiger partial charge in [-0.3, -0.25) is 0 Å². The standard InChI is InChI=1S/C14H10BrNO2S/c15-13-4-3-11(19-13)8-16-6-5-9-1-2-10(14(17)18)7-12(9)16/h1-7H,8H2,(H,17,18). The van der Waals surface area contributed by atoms with E-state index in [0.29, 0.717) is 5.56 Å². The first kappa shape index (κ1) is 12.4. The number of aromatic nitrogens is 1. The lowest BCUT2D eigenvalue weighted by Gasteiger charge is -2.04. The third-order valence-electron chi connectivity index (χ3n) is 2.98. The second-order valence-electron chi connectivity index (χ2n) is 4.23. The highest BCUT2D eigenvalue weighted by molar-refractivity contribution is 9.11. The number of hydrogen-bond acceptors (Lipinski definition) is 2. The maximum Gasteiger partial charge on any atom is 0.335 e. The van der Waals surface area contributed by atoms with Crippen LogP contribution in [0.1, 0.15) is 15.2 Å². The third-order valence-corrected chi connectivity index (χ3v) is 4.58. The molecule has 0 atom stereocenters. The number of carboxylic acid groups (broad SMARTS) is 1. The van der Waals surface area contributed by atoms with E-state index in [1.54, 1.807) is 23.5 Å². The van der Waals surface area contributed by atoms with E-state index in [1.165, 1.54) is 4.88 Å². The fourth-order valence-corrected chi connectivity index (χ4v) is 3.54. The predicted molar refractivity (Wildman–Crippen MR) is 80.0 cm³/mol. The van der Waals surface area contributed by atoms with Crippen LogP contribution in [0.5, 0.6) is 0 Å². The van der Waals surface area contributed by atoms with Crippen molar-refractivity contribution in [3.63, 3.8) is 0 Å². The van der Waals surface area contributed by atoms with Crippen LogP contribution in [-0.4, -0.2) is 15.6 Å². The summed E-state index contributed by atoms with van der Waals surface area (Å²) in [7, 11) is 0. The first-order chi connectivity index (χ1) is 9.13. The smallest absolute Gasteiger partial charge is 0.335 e. The lowest BCUT2D eigenvalue weighted by atomic mass is 10.1. The molecule has 3 aromatic rings. The Morgan fingerprint density at radius 2 is 2.11 bits per heavy atom. The lowest BCUT2D eigenvalue weighted by Crippen LogP contribution is -1.99. The number of halogens is 1. The van der Waals surface area contributed by atoms with E-state index in [4.69, 9.17) is 5.11 Å². The summed E-state index contributed by atoms with van der Waals surface area (Å²) in [6, 6.07) is 11.3. The van der Waals surface area contributed by atoms with Crippen molar-refractivity contribution in [1.29, 1.82) is 0 Å². The van der Waals surface area contributed by atoms with Crippen molar-refractivity contribution in [3.8, 4) is 0 Å². The van der Waals surface area contributed by atoms with Gasteiger partial charge in [-0.15, -0.1) is 11.3 Å². The van der Waals surface area contributed by atoms with Crippen LogP contribution in [0.15, 0.2) is 46.4 Å². The number of rotatable bonds is 3. The molecule has 0 aliphatic carbocycles. The van der Waals surface area contributed by atoms with Crippen LogP contribution in [0.25, 0.3) is 10.9 Å². The number of carbonyl (C=O) groups is 1. The molecule has 3 nitrogen and oxygen atoms in total. The Morgan fingerprint density at radius 1 is 1.26 bits per heavy atom. The van der Waals surface area contributed by atoms with Gasteiger partial charge in [0, 0.05) is 16.6 Å². The first-order valence-electron chi connectivity index (χ1n) is 5.70. The molecule has 1 aromatic carbocycles. The summed E-state index contributed by atoms with van der Waals surface area (Å²) >= 11 is 5.13. The van der Waals surface area contributed by atoms with Crippen LogP contribution < -0.4 is 0 Å². The van der Waals surface area contributed by atoms with Gasteiger partial charge in [0.25, 0.3) is 0 Å². The SMILES string of the molecule is O=C(O)c1ccc2ccn(Cc3ccc(Br)s3)c2c1. The van der Waals surface area contributed by atoms with E-state index in [2.05, 4.69) is 26.6 Å². The molecule has 0 saturated carbocycles. The van der Waals surface area contributed by atoms with Gasteiger partial charge in [0.05, 0.1) is 15.9 Å². The van der Waals surface area contributed by atoms with Gasteiger partial charge in [-0.1, -0.05) is 6.07 Å². The Bertz CT molecular complexity index is 760. The molecule has 0 spiro atoms. The van der Waals surface area contributed by atoms with E-state index in [0.717, 1.165) is 21.2 Å². The molecule has 0 bridgehead atoms. The summed E-state index contributed by atoms with van der Waals surface area (Å²) in [6.45, 7) is 0.753. The molecule has 0 aliphatic rings. The molecule has 0 aliphatic heterocycles. The number of carboxylic acids is 1. The number of hydrogen-bond donors (Lipinski definition) is 1. The number of fused-ring (bicyclic) bond motifs is 1. The van der Waals surface area contributed by atoms with Crippen LogP contribution >= 0.6 is 27.3 Å². The van der Waals surface area contributed by atoms with E-state index in [1.807, 2.05) is 24.4 Å². The Hall–Kier alpha value is -1.59. The molecule has 0 saturated heterocycles. The van der Waals surface area contributed by atoms with Crippen molar-refractivity contribution in [2.45, 2.75) is 6.54 Å². The fourth-order valence-electron chi connectivity index (χ4n) is 2.06. The Morgan fingerprint density at radius 3 is 2.79 bits per heavy atom. The van der Waals surface area contributed by atoms with Crippen molar-refractivity contribution in [2.24, 2.45) is 0 Å². The van der Waals surface area contributed by atoms with Gasteiger partial charge < -0.3 is 9.67 Å². The summed E-state index contributed by atoms with van der Waals surface area (Å²) in [6.07, 6.45) is 1.99. The highest BCUT2D eigenvalue weighted by Gasteiger charge is 2.08. The molecule has 3 rings (SSSR count). The van der Waals surface area contributed by atoms with Crippen LogP contribution in [0, 0.1) is 0 Å². The van der Waals surface area contributed by atoms with Gasteiger partial charge in [-0.05, 0) is 51.6 Å². The van der Waals surface area contributed by atoms with Gasteiger partial charge in [-0.2, -0.15) is 0 Å². The Kier molecular flexibility index (Phi) is 3.16. The molecule has 0 fully saturated rings. The Labute approximate surface area is 122 Å². The zero-order valence-electron chi connectivity index (χ0n) is 9.84. The van der Waals surface area contributed by atoms with Crippen molar-refractivity contribution in [2.75, 3.05) is 0 Å². The molecular weight excluding hydrogens is 326 g/mol. The monoisotopic (exact) mass is 335 g/mol. The minimum absolute atomic E-state index is 0.319. The van der Waals surface area contributed by atoms with Crippen LogP contribution in [0.4, 0.5) is 0 Å². The first-order valence-corrected chi connectivity index (χ1v) is 7.31. The zero-order chi connectivity index (χ0) is 13.4. The maximum absolute atomic E-state index is 11.0. The van der Waals surface area contributed by atoms with Crippen LogP contribution in [0.3, 0.4) is 0 Å². The number of aromatic carboxylic acids is 1. The molecule has 19 heavy (non-hydrogen) atoms. The number of nitrogens with zero attached hydrogens (tertiary/aromatic N) is 1. The molecule has 96 valence electrons. The quantitative estimate of drug-likeness (QED) is 0.778. The van der Waals surface area contributed by atoms with E-state index < -0.39 is 5.97 Å². The van der Waals surface area contributed by atoms with Crippen molar-refractivity contribution < 1.29 is 9.90 Å². The minimum atomic E-state index is -0.895. The Balaban J connectivity index is 2.03. The molecule has 0 unspecified atom stereocenters. The van der Waals surface area contributed by atoms with Crippen molar-refractivity contribution in [3.05, 3.63) is 56.8 Å². The third kappa shape index (κ3) is 2.43. The molecular formula is C14H10BrNO2S. The van der Waals surface area contributed by atoms with Gasteiger partial charge in [-0.25, -0.2) is 4.79 Å². The highest BCUT2D eigenvalue weighted by atomic mass is 79.9.